The molecule has 0 bridgehead atoms. The fourth-order valence-electron chi connectivity index (χ4n) is 3.15. The van der Waals surface area contributed by atoms with E-state index < -0.39 is 0 Å². The number of nitrogens with zero attached hydrogens (tertiary/aromatic N) is 3. The summed E-state index contributed by atoms with van der Waals surface area (Å²) in [5, 5.41) is 0. The molecule has 3 rings (SSSR count). The van der Waals surface area contributed by atoms with Crippen LogP contribution in [0, 0.1) is 0 Å². The van der Waals surface area contributed by atoms with E-state index in [4.69, 9.17) is 0 Å². The Balaban J connectivity index is 1.92. The van der Waals surface area contributed by atoms with Crippen molar-refractivity contribution in [2.24, 2.45) is 0 Å². The summed E-state index contributed by atoms with van der Waals surface area (Å²) in [6.07, 6.45) is 3.38. The minimum atomic E-state index is 0.244. The lowest BCUT2D eigenvalue weighted by molar-refractivity contribution is 0.0977. The van der Waals surface area contributed by atoms with Crippen LogP contribution in [0.5, 0.6) is 0 Å². The molecule has 1 aromatic rings. The molecule has 0 aliphatic carbocycles. The number of aromatic nitrogens is 1. The summed E-state index contributed by atoms with van der Waals surface area (Å²) in [6, 6.07) is 4.78. The van der Waals surface area contributed by atoms with Crippen LogP contribution in [0.2, 0.25) is 0 Å². The van der Waals surface area contributed by atoms with Crippen LogP contribution < -0.4 is 4.90 Å². The highest BCUT2D eigenvalue weighted by atomic mass is 16.1. The minimum absolute atomic E-state index is 0.244. The Morgan fingerprint density at radius 1 is 1.37 bits per heavy atom. The van der Waals surface area contributed by atoms with Gasteiger partial charge in [0.1, 0.15) is 5.82 Å². The molecule has 1 unspecified atom stereocenters. The van der Waals surface area contributed by atoms with Crippen molar-refractivity contribution in [1.29, 1.82) is 0 Å². The van der Waals surface area contributed by atoms with Crippen molar-refractivity contribution in [3.8, 4) is 0 Å². The lowest BCUT2D eigenvalue weighted by Crippen LogP contribution is -2.55. The number of carbonyl (C=O) groups excluding carboxylic acids is 1. The predicted molar refractivity (Wildman–Crippen MR) is 75.6 cm³/mol. The fraction of sp³-hybridized carbons (Fsp3) is 0.600. The molecule has 0 spiro atoms. The number of Topliss-reactive ketones (excluding diaryl/α,β-unsaturated/α-hetero) is 1. The van der Waals surface area contributed by atoms with Crippen molar-refractivity contribution in [2.45, 2.75) is 38.8 Å². The Morgan fingerprint density at radius 3 is 3.00 bits per heavy atom. The summed E-state index contributed by atoms with van der Waals surface area (Å²) < 4.78 is 0. The Hall–Kier alpha value is -1.42. The summed E-state index contributed by atoms with van der Waals surface area (Å²) in [4.78, 5) is 21.5. The zero-order chi connectivity index (χ0) is 13.4. The Morgan fingerprint density at radius 2 is 2.21 bits per heavy atom. The van der Waals surface area contributed by atoms with E-state index in [2.05, 4.69) is 28.6 Å². The van der Waals surface area contributed by atoms with Crippen LogP contribution in [0.15, 0.2) is 18.3 Å². The average molecular weight is 259 g/mol. The van der Waals surface area contributed by atoms with E-state index in [9.17, 15) is 4.79 Å². The standard InChI is InChI=1S/C15H21N3O/c1-11(2)17-8-9-18-12(10-17)5-6-14(19)13-4-3-7-16-15(13)18/h3-4,7,11-12H,5-6,8-10H2,1-2H3. The third-order valence-electron chi connectivity index (χ3n) is 4.31. The van der Waals surface area contributed by atoms with Gasteiger partial charge in [-0.05, 0) is 32.4 Å². The first kappa shape index (κ1) is 12.6. The van der Waals surface area contributed by atoms with Crippen molar-refractivity contribution in [1.82, 2.24) is 9.88 Å². The van der Waals surface area contributed by atoms with Crippen LogP contribution in [-0.4, -0.2) is 47.4 Å². The number of hydrogen-bond acceptors (Lipinski definition) is 4. The zero-order valence-corrected chi connectivity index (χ0v) is 11.7. The zero-order valence-electron chi connectivity index (χ0n) is 11.7. The van der Waals surface area contributed by atoms with Gasteiger partial charge in [0.25, 0.3) is 0 Å². The van der Waals surface area contributed by atoms with Gasteiger partial charge in [0.05, 0.1) is 5.56 Å². The van der Waals surface area contributed by atoms with Crippen LogP contribution in [0.3, 0.4) is 0 Å². The molecular weight excluding hydrogens is 238 g/mol. The van der Waals surface area contributed by atoms with Gasteiger partial charge in [-0.3, -0.25) is 9.69 Å². The first-order valence-corrected chi connectivity index (χ1v) is 7.15. The van der Waals surface area contributed by atoms with E-state index in [1.54, 1.807) is 6.20 Å². The fourth-order valence-corrected chi connectivity index (χ4v) is 3.15. The maximum atomic E-state index is 12.2. The van der Waals surface area contributed by atoms with Crippen molar-refractivity contribution >= 4 is 11.6 Å². The molecular formula is C15H21N3O. The van der Waals surface area contributed by atoms with Crippen LogP contribution in [0.1, 0.15) is 37.0 Å². The summed E-state index contributed by atoms with van der Waals surface area (Å²) >= 11 is 0. The smallest absolute Gasteiger partial charge is 0.166 e. The minimum Gasteiger partial charge on any atom is -0.350 e. The van der Waals surface area contributed by atoms with Gasteiger partial charge in [0.2, 0.25) is 0 Å². The van der Waals surface area contributed by atoms with Crippen LogP contribution in [-0.2, 0) is 0 Å². The highest BCUT2D eigenvalue weighted by molar-refractivity contribution is 6.01. The van der Waals surface area contributed by atoms with Crippen LogP contribution in [0.4, 0.5) is 5.82 Å². The maximum absolute atomic E-state index is 12.2. The van der Waals surface area contributed by atoms with Crippen LogP contribution >= 0.6 is 0 Å². The van der Waals surface area contributed by atoms with Gasteiger partial charge in [-0.2, -0.15) is 0 Å². The van der Waals surface area contributed by atoms with E-state index in [1.165, 1.54) is 0 Å². The first-order chi connectivity index (χ1) is 9.16. The van der Waals surface area contributed by atoms with Crippen molar-refractivity contribution in [2.75, 3.05) is 24.5 Å². The molecule has 1 saturated heterocycles. The largest absolute Gasteiger partial charge is 0.350 e. The number of anilines is 1. The van der Waals surface area contributed by atoms with Crippen molar-refractivity contribution < 1.29 is 4.79 Å². The number of pyridine rings is 1. The van der Waals surface area contributed by atoms with Crippen molar-refractivity contribution in [3.63, 3.8) is 0 Å². The first-order valence-electron chi connectivity index (χ1n) is 7.15. The van der Waals surface area contributed by atoms with E-state index in [0.717, 1.165) is 37.4 Å². The molecule has 4 heteroatoms. The molecule has 2 aliphatic heterocycles. The molecule has 1 aromatic heterocycles. The summed E-state index contributed by atoms with van der Waals surface area (Å²) in [7, 11) is 0. The highest BCUT2D eigenvalue weighted by Crippen LogP contribution is 2.29. The SMILES string of the molecule is CC(C)N1CCN2c3ncccc3C(=O)CCC2C1. The summed E-state index contributed by atoms with van der Waals surface area (Å²) in [5.74, 6) is 1.15. The number of ketones is 1. The molecule has 102 valence electrons. The lowest BCUT2D eigenvalue weighted by atomic mass is 10.0. The van der Waals surface area contributed by atoms with Gasteiger partial charge < -0.3 is 4.90 Å². The third-order valence-corrected chi connectivity index (χ3v) is 4.31. The second-order valence-corrected chi connectivity index (χ2v) is 5.77. The molecule has 0 radical (unpaired) electrons. The third kappa shape index (κ3) is 2.25. The second kappa shape index (κ2) is 4.93. The topological polar surface area (TPSA) is 36.4 Å². The number of carbonyl (C=O) groups is 1. The quantitative estimate of drug-likeness (QED) is 0.772. The molecule has 3 heterocycles. The van der Waals surface area contributed by atoms with E-state index in [1.807, 2.05) is 12.1 Å². The van der Waals surface area contributed by atoms with E-state index in [-0.39, 0.29) is 5.78 Å². The molecule has 0 aromatic carbocycles. The van der Waals surface area contributed by atoms with Crippen molar-refractivity contribution in [3.05, 3.63) is 23.9 Å². The summed E-state index contributed by atoms with van der Waals surface area (Å²) in [6.45, 7) is 7.55. The summed E-state index contributed by atoms with van der Waals surface area (Å²) in [5.41, 5.74) is 0.808. The molecule has 2 aliphatic rings. The molecule has 19 heavy (non-hydrogen) atoms. The highest BCUT2D eigenvalue weighted by Gasteiger charge is 2.33. The molecule has 0 N–H and O–H groups in total. The molecule has 0 saturated carbocycles. The number of rotatable bonds is 1. The Bertz CT molecular complexity index is 486. The number of piperazine rings is 1. The lowest BCUT2D eigenvalue weighted by Gasteiger charge is -2.43. The van der Waals surface area contributed by atoms with Gasteiger partial charge in [-0.25, -0.2) is 4.98 Å². The average Bonchev–Trinajstić information content (AvgIpc) is 2.57. The Kier molecular flexibility index (Phi) is 3.27. The molecule has 1 atom stereocenters. The molecule has 4 nitrogen and oxygen atoms in total. The predicted octanol–water partition coefficient (Wildman–Crippen LogP) is 1.96. The Labute approximate surface area is 114 Å². The van der Waals surface area contributed by atoms with Gasteiger partial charge in [-0.15, -0.1) is 0 Å². The van der Waals surface area contributed by atoms with Gasteiger partial charge in [-0.1, -0.05) is 0 Å². The van der Waals surface area contributed by atoms with Gasteiger partial charge in [0, 0.05) is 44.3 Å². The molecule has 0 amide bonds. The number of hydrogen-bond donors (Lipinski definition) is 0. The van der Waals surface area contributed by atoms with Gasteiger partial charge >= 0.3 is 0 Å². The molecule has 1 fully saturated rings. The van der Waals surface area contributed by atoms with Crippen LogP contribution in [0.25, 0.3) is 0 Å². The maximum Gasteiger partial charge on any atom is 0.166 e. The van der Waals surface area contributed by atoms with E-state index in [0.29, 0.717) is 18.5 Å². The second-order valence-electron chi connectivity index (χ2n) is 5.77. The van der Waals surface area contributed by atoms with E-state index >= 15 is 0 Å². The normalized spacial score (nSPS) is 24.1. The number of fused-ring (bicyclic) bond motifs is 3. The monoisotopic (exact) mass is 259 g/mol. The van der Waals surface area contributed by atoms with Gasteiger partial charge in [0.15, 0.2) is 5.78 Å².